The fourth-order valence-electron chi connectivity index (χ4n) is 1.39. The molecule has 3 heteroatoms. The highest BCUT2D eigenvalue weighted by molar-refractivity contribution is 5.06. The van der Waals surface area contributed by atoms with Crippen LogP contribution in [-0.4, -0.2) is 35.5 Å². The first kappa shape index (κ1) is 12.1. The Balaban J connectivity index is 2.43. The number of nitrogens with zero attached hydrogens (tertiary/aromatic N) is 3. The molecule has 0 spiro atoms. The summed E-state index contributed by atoms with van der Waals surface area (Å²) in [5.41, 5.74) is 1.24. The van der Waals surface area contributed by atoms with E-state index in [1.165, 1.54) is 5.56 Å². The van der Waals surface area contributed by atoms with Gasteiger partial charge in [0.2, 0.25) is 0 Å². The van der Waals surface area contributed by atoms with E-state index in [1.807, 2.05) is 12.4 Å². The Kier molecular flexibility index (Phi) is 4.69. The highest BCUT2D eigenvalue weighted by Gasteiger charge is 2.02. The van der Waals surface area contributed by atoms with Crippen LogP contribution in [0.25, 0.3) is 0 Å². The van der Waals surface area contributed by atoms with Gasteiger partial charge in [0, 0.05) is 18.3 Å². The van der Waals surface area contributed by atoms with Crippen LogP contribution in [0.1, 0.15) is 37.6 Å². The first-order valence-corrected chi connectivity index (χ1v) is 5.55. The third-order valence-electron chi connectivity index (χ3n) is 2.31. The Morgan fingerprint density at radius 2 is 1.80 bits per heavy atom. The highest BCUT2D eigenvalue weighted by atomic mass is 15.0. The summed E-state index contributed by atoms with van der Waals surface area (Å²) in [7, 11) is 4.19. The van der Waals surface area contributed by atoms with E-state index in [2.05, 4.69) is 42.8 Å². The first-order chi connectivity index (χ1) is 7.09. The summed E-state index contributed by atoms with van der Waals surface area (Å²) in [6.07, 6.45) is 6.14. The van der Waals surface area contributed by atoms with Crippen LogP contribution >= 0.6 is 0 Å². The zero-order valence-electron chi connectivity index (χ0n) is 10.2. The van der Waals surface area contributed by atoms with Crippen molar-refractivity contribution in [3.8, 4) is 0 Å². The van der Waals surface area contributed by atoms with Crippen molar-refractivity contribution in [1.29, 1.82) is 0 Å². The van der Waals surface area contributed by atoms with E-state index >= 15 is 0 Å². The Hall–Kier alpha value is -0.960. The van der Waals surface area contributed by atoms with Crippen LogP contribution < -0.4 is 0 Å². The Morgan fingerprint density at radius 3 is 2.27 bits per heavy atom. The molecular formula is C12H21N3. The number of hydrogen-bond acceptors (Lipinski definition) is 3. The van der Waals surface area contributed by atoms with Gasteiger partial charge in [0.25, 0.3) is 0 Å². The second-order valence-electron chi connectivity index (χ2n) is 4.51. The lowest BCUT2D eigenvalue weighted by Crippen LogP contribution is -2.13. The lowest BCUT2D eigenvalue weighted by molar-refractivity contribution is 0.400. The predicted octanol–water partition coefficient (Wildman–Crippen LogP) is 2.09. The molecule has 0 saturated carbocycles. The van der Waals surface area contributed by atoms with Gasteiger partial charge in [0.05, 0.1) is 0 Å². The maximum Gasteiger partial charge on any atom is 0.130 e. The average Bonchev–Trinajstić information content (AvgIpc) is 2.18. The molecule has 0 aliphatic carbocycles. The van der Waals surface area contributed by atoms with E-state index in [0.29, 0.717) is 5.92 Å². The molecule has 0 bridgehead atoms. The molecule has 0 aliphatic rings. The SMILES string of the molecule is CC(C)c1ncc(CCCN(C)C)cn1. The molecule has 84 valence electrons. The fourth-order valence-corrected chi connectivity index (χ4v) is 1.39. The lowest BCUT2D eigenvalue weighted by Gasteiger charge is -2.09. The van der Waals surface area contributed by atoms with E-state index in [9.17, 15) is 0 Å². The Labute approximate surface area is 92.6 Å². The number of hydrogen-bond donors (Lipinski definition) is 0. The molecule has 0 saturated heterocycles. The molecule has 15 heavy (non-hydrogen) atoms. The van der Waals surface area contributed by atoms with Gasteiger partial charge >= 0.3 is 0 Å². The molecule has 1 aromatic heterocycles. The maximum atomic E-state index is 4.35. The summed E-state index contributed by atoms with van der Waals surface area (Å²) in [6.45, 7) is 5.34. The molecule has 3 nitrogen and oxygen atoms in total. The van der Waals surface area contributed by atoms with E-state index in [4.69, 9.17) is 0 Å². The van der Waals surface area contributed by atoms with Gasteiger partial charge in [-0.2, -0.15) is 0 Å². The minimum absolute atomic E-state index is 0.417. The van der Waals surface area contributed by atoms with Crippen molar-refractivity contribution in [3.05, 3.63) is 23.8 Å². The molecule has 0 atom stereocenters. The molecule has 0 unspecified atom stereocenters. The second-order valence-corrected chi connectivity index (χ2v) is 4.51. The summed E-state index contributed by atoms with van der Waals surface area (Å²) in [6, 6.07) is 0. The number of aryl methyl sites for hydroxylation is 1. The molecule has 1 aromatic rings. The van der Waals surface area contributed by atoms with Crippen LogP contribution in [0.5, 0.6) is 0 Å². The fraction of sp³-hybridized carbons (Fsp3) is 0.667. The Bertz CT molecular complexity index is 277. The third kappa shape index (κ3) is 4.38. The van der Waals surface area contributed by atoms with Crippen molar-refractivity contribution in [2.75, 3.05) is 20.6 Å². The van der Waals surface area contributed by atoms with E-state index in [0.717, 1.165) is 25.2 Å². The molecule has 0 amide bonds. The maximum absolute atomic E-state index is 4.35. The molecule has 0 aromatic carbocycles. The van der Waals surface area contributed by atoms with Gasteiger partial charge < -0.3 is 4.90 Å². The zero-order chi connectivity index (χ0) is 11.3. The van der Waals surface area contributed by atoms with Gasteiger partial charge in [-0.25, -0.2) is 9.97 Å². The van der Waals surface area contributed by atoms with Crippen LogP contribution in [-0.2, 0) is 6.42 Å². The van der Waals surface area contributed by atoms with Crippen molar-refractivity contribution in [2.45, 2.75) is 32.6 Å². The minimum atomic E-state index is 0.417. The summed E-state index contributed by atoms with van der Waals surface area (Å²) in [4.78, 5) is 10.9. The topological polar surface area (TPSA) is 29.0 Å². The van der Waals surface area contributed by atoms with Gasteiger partial charge in [-0.3, -0.25) is 0 Å². The van der Waals surface area contributed by atoms with Crippen LogP contribution in [0.15, 0.2) is 12.4 Å². The molecule has 0 fully saturated rings. The van der Waals surface area contributed by atoms with E-state index in [-0.39, 0.29) is 0 Å². The summed E-state index contributed by atoms with van der Waals surface area (Å²) < 4.78 is 0. The number of aromatic nitrogens is 2. The van der Waals surface area contributed by atoms with E-state index in [1.54, 1.807) is 0 Å². The van der Waals surface area contributed by atoms with Gasteiger partial charge in [-0.05, 0) is 39.0 Å². The number of rotatable bonds is 5. The van der Waals surface area contributed by atoms with E-state index < -0.39 is 0 Å². The molecule has 1 heterocycles. The standard InChI is InChI=1S/C12H21N3/c1-10(2)12-13-8-11(9-14-12)6-5-7-15(3)4/h8-10H,5-7H2,1-4H3. The minimum Gasteiger partial charge on any atom is -0.309 e. The normalized spacial score (nSPS) is 11.3. The predicted molar refractivity (Wildman–Crippen MR) is 63.0 cm³/mol. The highest BCUT2D eigenvalue weighted by Crippen LogP contribution is 2.08. The van der Waals surface area contributed by atoms with Crippen molar-refractivity contribution in [2.24, 2.45) is 0 Å². The van der Waals surface area contributed by atoms with Gasteiger partial charge in [-0.1, -0.05) is 13.8 Å². The smallest absolute Gasteiger partial charge is 0.130 e. The van der Waals surface area contributed by atoms with Crippen LogP contribution in [0.4, 0.5) is 0 Å². The Morgan fingerprint density at radius 1 is 1.20 bits per heavy atom. The largest absolute Gasteiger partial charge is 0.309 e. The summed E-state index contributed by atoms with van der Waals surface area (Å²) >= 11 is 0. The van der Waals surface area contributed by atoms with Crippen molar-refractivity contribution >= 4 is 0 Å². The molecule has 0 aliphatic heterocycles. The van der Waals surface area contributed by atoms with Crippen LogP contribution in [0, 0.1) is 0 Å². The molecule has 0 N–H and O–H groups in total. The van der Waals surface area contributed by atoms with Crippen molar-refractivity contribution < 1.29 is 0 Å². The van der Waals surface area contributed by atoms with Gasteiger partial charge in [0.15, 0.2) is 0 Å². The zero-order valence-corrected chi connectivity index (χ0v) is 10.2. The first-order valence-electron chi connectivity index (χ1n) is 5.55. The van der Waals surface area contributed by atoms with Gasteiger partial charge in [0.1, 0.15) is 5.82 Å². The average molecular weight is 207 g/mol. The molecule has 1 rings (SSSR count). The summed E-state index contributed by atoms with van der Waals surface area (Å²) in [5, 5.41) is 0. The van der Waals surface area contributed by atoms with Crippen molar-refractivity contribution in [3.63, 3.8) is 0 Å². The summed E-state index contributed by atoms with van der Waals surface area (Å²) in [5.74, 6) is 1.35. The van der Waals surface area contributed by atoms with Crippen LogP contribution in [0.2, 0.25) is 0 Å². The van der Waals surface area contributed by atoms with Crippen LogP contribution in [0.3, 0.4) is 0 Å². The second kappa shape index (κ2) is 5.81. The monoisotopic (exact) mass is 207 g/mol. The lowest BCUT2D eigenvalue weighted by atomic mass is 10.1. The molecule has 0 radical (unpaired) electrons. The third-order valence-corrected chi connectivity index (χ3v) is 2.31. The van der Waals surface area contributed by atoms with Crippen molar-refractivity contribution in [1.82, 2.24) is 14.9 Å². The quantitative estimate of drug-likeness (QED) is 0.740. The van der Waals surface area contributed by atoms with Gasteiger partial charge in [-0.15, -0.1) is 0 Å². The molecular weight excluding hydrogens is 186 g/mol.